The summed E-state index contributed by atoms with van der Waals surface area (Å²) >= 11 is 0. The molecular formula is C9H16O3. The molecule has 0 aromatic rings. The van der Waals surface area contributed by atoms with Crippen molar-refractivity contribution in [3.05, 3.63) is 0 Å². The molecule has 0 saturated carbocycles. The summed E-state index contributed by atoms with van der Waals surface area (Å²) in [6.45, 7) is 6.18. The first-order valence-electron chi connectivity index (χ1n) is 4.31. The molecule has 12 heavy (non-hydrogen) atoms. The minimum absolute atomic E-state index is 0.0797. The molecule has 1 rings (SSSR count). The summed E-state index contributed by atoms with van der Waals surface area (Å²) in [5.41, 5.74) is -0.657. The van der Waals surface area contributed by atoms with Crippen molar-refractivity contribution in [3.8, 4) is 0 Å². The highest BCUT2D eigenvalue weighted by Gasteiger charge is 2.42. The second kappa shape index (κ2) is 3.05. The summed E-state index contributed by atoms with van der Waals surface area (Å²) in [4.78, 5) is 10.9. The lowest BCUT2D eigenvalue weighted by molar-refractivity contribution is -0.151. The van der Waals surface area contributed by atoms with E-state index in [2.05, 4.69) is 0 Å². The fourth-order valence-corrected chi connectivity index (χ4v) is 1.84. The molecule has 3 nitrogen and oxygen atoms in total. The van der Waals surface area contributed by atoms with Gasteiger partial charge in [0.1, 0.15) is 0 Å². The monoisotopic (exact) mass is 172 g/mol. The lowest BCUT2D eigenvalue weighted by atomic mass is 9.75. The lowest BCUT2D eigenvalue weighted by Gasteiger charge is -2.28. The van der Waals surface area contributed by atoms with Gasteiger partial charge in [0.15, 0.2) is 0 Å². The van der Waals surface area contributed by atoms with Gasteiger partial charge in [-0.3, -0.25) is 4.79 Å². The van der Waals surface area contributed by atoms with Gasteiger partial charge < -0.3 is 9.84 Å². The molecule has 1 fully saturated rings. The first-order chi connectivity index (χ1) is 5.46. The van der Waals surface area contributed by atoms with Crippen LogP contribution in [0.4, 0.5) is 0 Å². The van der Waals surface area contributed by atoms with Crippen molar-refractivity contribution < 1.29 is 14.6 Å². The second-order valence-electron chi connectivity index (χ2n) is 4.00. The fourth-order valence-electron chi connectivity index (χ4n) is 1.84. The molecule has 0 aromatic heterocycles. The van der Waals surface area contributed by atoms with Gasteiger partial charge in [-0.2, -0.15) is 0 Å². The van der Waals surface area contributed by atoms with E-state index in [1.807, 2.05) is 6.92 Å². The van der Waals surface area contributed by atoms with E-state index in [0.717, 1.165) is 6.42 Å². The Morgan fingerprint density at radius 3 is 2.50 bits per heavy atom. The summed E-state index contributed by atoms with van der Waals surface area (Å²) in [7, 11) is 0. The van der Waals surface area contributed by atoms with Gasteiger partial charge in [-0.1, -0.05) is 0 Å². The topological polar surface area (TPSA) is 46.5 Å². The molecule has 1 heterocycles. The van der Waals surface area contributed by atoms with Crippen molar-refractivity contribution in [2.75, 3.05) is 6.61 Å². The molecule has 70 valence electrons. The molecule has 0 radical (unpaired) electrons. The second-order valence-corrected chi connectivity index (χ2v) is 4.00. The van der Waals surface area contributed by atoms with Crippen LogP contribution in [-0.2, 0) is 9.53 Å². The molecule has 0 aliphatic carbocycles. The largest absolute Gasteiger partial charge is 0.481 e. The van der Waals surface area contributed by atoms with Gasteiger partial charge in [-0.25, -0.2) is 0 Å². The summed E-state index contributed by atoms with van der Waals surface area (Å²) in [6, 6.07) is 0. The van der Waals surface area contributed by atoms with Crippen molar-refractivity contribution in [3.63, 3.8) is 0 Å². The lowest BCUT2D eigenvalue weighted by Crippen LogP contribution is -2.36. The molecule has 3 heteroatoms. The Morgan fingerprint density at radius 2 is 2.17 bits per heavy atom. The number of ether oxygens (including phenoxy) is 1. The Balaban J connectivity index is 2.73. The zero-order valence-electron chi connectivity index (χ0n) is 7.83. The maximum absolute atomic E-state index is 10.9. The zero-order valence-corrected chi connectivity index (χ0v) is 7.83. The van der Waals surface area contributed by atoms with E-state index >= 15 is 0 Å². The molecular weight excluding hydrogens is 156 g/mol. The predicted octanol–water partition coefficient (Wildman–Crippen LogP) is 1.52. The molecule has 1 saturated heterocycles. The van der Waals surface area contributed by atoms with Crippen molar-refractivity contribution in [2.24, 2.45) is 11.3 Å². The third-order valence-corrected chi connectivity index (χ3v) is 2.85. The Hall–Kier alpha value is -0.570. The van der Waals surface area contributed by atoms with Crippen molar-refractivity contribution in [1.29, 1.82) is 0 Å². The third-order valence-electron chi connectivity index (χ3n) is 2.85. The normalized spacial score (nSPS) is 30.6. The van der Waals surface area contributed by atoms with Gasteiger partial charge in [-0.05, 0) is 27.2 Å². The first-order valence-corrected chi connectivity index (χ1v) is 4.31. The van der Waals surface area contributed by atoms with Crippen molar-refractivity contribution >= 4 is 5.97 Å². The minimum atomic E-state index is -0.732. The fraction of sp³-hybridized carbons (Fsp3) is 0.889. The van der Waals surface area contributed by atoms with Gasteiger partial charge in [0.05, 0.1) is 11.5 Å². The molecule has 2 unspecified atom stereocenters. The summed E-state index contributed by atoms with van der Waals surface area (Å²) in [6.07, 6.45) is 0.941. The first kappa shape index (κ1) is 9.52. The van der Waals surface area contributed by atoms with Crippen LogP contribution >= 0.6 is 0 Å². The van der Waals surface area contributed by atoms with E-state index in [0.29, 0.717) is 6.61 Å². The van der Waals surface area contributed by atoms with E-state index in [9.17, 15) is 4.79 Å². The molecule has 1 N–H and O–H groups in total. The van der Waals surface area contributed by atoms with Crippen LogP contribution in [-0.4, -0.2) is 23.8 Å². The average molecular weight is 172 g/mol. The van der Waals surface area contributed by atoms with Gasteiger partial charge in [-0.15, -0.1) is 0 Å². The van der Waals surface area contributed by atoms with Gasteiger partial charge in [0, 0.05) is 12.5 Å². The number of carboxylic acids is 1. The molecule has 0 amide bonds. The maximum atomic E-state index is 10.9. The molecule has 1 aliphatic heterocycles. The van der Waals surface area contributed by atoms with Crippen molar-refractivity contribution in [1.82, 2.24) is 0 Å². The standard InChI is InChI=1S/C9H16O3/c1-6-7(4-5-12-6)9(2,3)8(10)11/h6-7H,4-5H2,1-3H3,(H,10,11). The summed E-state index contributed by atoms with van der Waals surface area (Å²) in [5.74, 6) is -0.583. The number of aliphatic carboxylic acids is 1. The van der Waals surface area contributed by atoms with Crippen LogP contribution in [0, 0.1) is 11.3 Å². The molecule has 2 atom stereocenters. The van der Waals surface area contributed by atoms with E-state index < -0.39 is 11.4 Å². The van der Waals surface area contributed by atoms with Crippen LogP contribution in [0.25, 0.3) is 0 Å². The molecule has 0 bridgehead atoms. The summed E-state index contributed by atoms with van der Waals surface area (Å²) in [5, 5.41) is 8.96. The number of hydrogen-bond donors (Lipinski definition) is 1. The van der Waals surface area contributed by atoms with E-state index in [1.165, 1.54) is 0 Å². The van der Waals surface area contributed by atoms with Gasteiger partial charge >= 0.3 is 5.97 Å². The zero-order chi connectivity index (χ0) is 9.35. The molecule has 0 spiro atoms. The number of rotatable bonds is 2. The van der Waals surface area contributed by atoms with Crippen LogP contribution < -0.4 is 0 Å². The predicted molar refractivity (Wildman–Crippen MR) is 44.9 cm³/mol. The highest BCUT2D eigenvalue weighted by molar-refractivity contribution is 5.74. The Bertz CT molecular complexity index is 186. The average Bonchev–Trinajstić information content (AvgIpc) is 2.35. The minimum Gasteiger partial charge on any atom is -0.481 e. The van der Waals surface area contributed by atoms with Crippen LogP contribution in [0.2, 0.25) is 0 Å². The van der Waals surface area contributed by atoms with Crippen LogP contribution in [0.15, 0.2) is 0 Å². The van der Waals surface area contributed by atoms with E-state index in [-0.39, 0.29) is 12.0 Å². The number of hydrogen-bond acceptors (Lipinski definition) is 2. The highest BCUT2D eigenvalue weighted by atomic mass is 16.5. The smallest absolute Gasteiger partial charge is 0.309 e. The van der Waals surface area contributed by atoms with Gasteiger partial charge in [0.25, 0.3) is 0 Å². The van der Waals surface area contributed by atoms with Crippen LogP contribution in [0.3, 0.4) is 0 Å². The third kappa shape index (κ3) is 1.46. The quantitative estimate of drug-likeness (QED) is 0.687. The van der Waals surface area contributed by atoms with E-state index in [4.69, 9.17) is 9.84 Å². The summed E-state index contributed by atoms with van der Waals surface area (Å²) < 4.78 is 5.34. The Labute approximate surface area is 72.7 Å². The van der Waals surface area contributed by atoms with Crippen LogP contribution in [0.1, 0.15) is 27.2 Å². The van der Waals surface area contributed by atoms with E-state index in [1.54, 1.807) is 13.8 Å². The SMILES string of the molecule is CC1OCCC1C(C)(C)C(=O)O. The van der Waals surface area contributed by atoms with Crippen molar-refractivity contribution in [2.45, 2.75) is 33.3 Å². The Morgan fingerprint density at radius 1 is 1.58 bits per heavy atom. The maximum Gasteiger partial charge on any atom is 0.309 e. The van der Waals surface area contributed by atoms with Gasteiger partial charge in [0.2, 0.25) is 0 Å². The molecule has 0 aromatic carbocycles. The highest BCUT2D eigenvalue weighted by Crippen LogP contribution is 2.37. The Kier molecular flexibility index (Phi) is 2.42. The molecule has 1 aliphatic rings. The number of carbonyl (C=O) groups is 1. The number of carboxylic acid groups (broad SMARTS) is 1. The van der Waals surface area contributed by atoms with Crippen LogP contribution in [0.5, 0.6) is 0 Å².